The van der Waals surface area contributed by atoms with Crippen LogP contribution in [0, 0.1) is 11.8 Å². The maximum Gasteiger partial charge on any atom is 0.411 e. The topological polar surface area (TPSA) is 78.9 Å². The second-order valence-corrected chi connectivity index (χ2v) is 5.48. The third kappa shape index (κ3) is 6.06. The van der Waals surface area contributed by atoms with Gasteiger partial charge in [-0.2, -0.15) is 26.3 Å². The van der Waals surface area contributed by atoms with E-state index >= 15 is 0 Å². The molecule has 140 valence electrons. The van der Waals surface area contributed by atoms with Crippen molar-refractivity contribution in [2.75, 3.05) is 26.3 Å². The van der Waals surface area contributed by atoms with Crippen LogP contribution in [0.5, 0.6) is 0 Å². The largest absolute Gasteiger partial charge is 0.481 e. The zero-order valence-corrected chi connectivity index (χ0v) is 12.4. The molecular weight excluding hydrogens is 350 g/mol. The van der Waals surface area contributed by atoms with Crippen LogP contribution in [-0.4, -0.2) is 66.7 Å². The molecule has 1 aliphatic heterocycles. The van der Waals surface area contributed by atoms with E-state index in [4.69, 9.17) is 5.11 Å². The molecule has 12 heteroatoms. The molecule has 0 aromatic carbocycles. The average molecular weight is 366 g/mol. The molecule has 2 N–H and O–H groups in total. The fourth-order valence-corrected chi connectivity index (χ4v) is 2.25. The fourth-order valence-electron chi connectivity index (χ4n) is 2.25. The number of hydrogen-bond donors (Lipinski definition) is 2. The number of amides is 2. The molecule has 0 bridgehead atoms. The van der Waals surface area contributed by atoms with E-state index in [1.807, 2.05) is 0 Å². The van der Waals surface area contributed by atoms with Gasteiger partial charge in [0.25, 0.3) is 0 Å². The summed E-state index contributed by atoms with van der Waals surface area (Å²) in [6.45, 7) is -2.18. The van der Waals surface area contributed by atoms with E-state index < -0.39 is 68.5 Å². The van der Waals surface area contributed by atoms with Gasteiger partial charge in [-0.15, -0.1) is 0 Å². The van der Waals surface area contributed by atoms with E-state index in [0.29, 0.717) is 4.90 Å². The van der Waals surface area contributed by atoms with Gasteiger partial charge >= 0.3 is 24.4 Å². The van der Waals surface area contributed by atoms with E-state index in [1.165, 1.54) is 6.92 Å². The lowest BCUT2D eigenvalue weighted by atomic mass is 9.96. The summed E-state index contributed by atoms with van der Waals surface area (Å²) in [7, 11) is 0. The van der Waals surface area contributed by atoms with Crippen LogP contribution in [0.1, 0.15) is 6.92 Å². The molecule has 1 unspecified atom stereocenters. The number of carboxylic acid groups (broad SMARTS) is 1. The fraction of sp³-hybridized carbons (Fsp3) is 0.833. The van der Waals surface area contributed by atoms with Crippen LogP contribution < -0.4 is 5.32 Å². The molecule has 0 aliphatic carbocycles. The Hall–Kier alpha value is -1.72. The molecule has 0 radical (unpaired) electrons. The summed E-state index contributed by atoms with van der Waals surface area (Å²) in [5, 5.41) is 11.0. The number of carboxylic acids is 1. The number of halogens is 6. The van der Waals surface area contributed by atoms with Gasteiger partial charge in [0.15, 0.2) is 0 Å². The molecule has 2 amide bonds. The number of carbonyl (C=O) groups excluding carboxylic acids is 1. The van der Waals surface area contributed by atoms with Crippen LogP contribution >= 0.6 is 0 Å². The monoisotopic (exact) mass is 366 g/mol. The van der Waals surface area contributed by atoms with E-state index in [9.17, 15) is 35.9 Å². The van der Waals surface area contributed by atoms with Crippen molar-refractivity contribution >= 4 is 12.0 Å². The number of nitrogens with one attached hydrogen (secondary N) is 1. The number of carbonyl (C=O) groups is 2. The first-order chi connectivity index (χ1) is 10.8. The SMILES string of the molecule is CC(COCC(F)(F)F)NC(=O)N1C[C@@H](C(F)(F)F)[C@H](C(=O)O)C1. The van der Waals surface area contributed by atoms with E-state index in [0.717, 1.165) is 0 Å². The van der Waals surface area contributed by atoms with Crippen molar-refractivity contribution in [2.45, 2.75) is 25.3 Å². The number of ether oxygens (including phenoxy) is 1. The second-order valence-electron chi connectivity index (χ2n) is 5.48. The van der Waals surface area contributed by atoms with Gasteiger partial charge < -0.3 is 20.1 Å². The van der Waals surface area contributed by atoms with Gasteiger partial charge in [0.05, 0.1) is 24.5 Å². The predicted octanol–water partition coefficient (Wildman–Crippen LogP) is 1.86. The molecule has 0 aromatic heterocycles. The van der Waals surface area contributed by atoms with Crippen LogP contribution in [0.25, 0.3) is 0 Å². The minimum atomic E-state index is -4.78. The van der Waals surface area contributed by atoms with Crippen molar-refractivity contribution in [3.05, 3.63) is 0 Å². The third-order valence-electron chi connectivity index (χ3n) is 3.35. The number of nitrogens with zero attached hydrogens (tertiary/aromatic N) is 1. The van der Waals surface area contributed by atoms with E-state index in [2.05, 4.69) is 10.1 Å². The van der Waals surface area contributed by atoms with Gasteiger partial charge in [0.2, 0.25) is 0 Å². The molecule has 1 rings (SSSR count). The highest BCUT2D eigenvalue weighted by atomic mass is 19.4. The molecular formula is C12H16F6N2O4. The number of urea groups is 1. The van der Waals surface area contributed by atoms with Crippen LogP contribution in [-0.2, 0) is 9.53 Å². The quantitative estimate of drug-likeness (QED) is 0.728. The standard InChI is InChI=1S/C12H16F6N2O4/c1-6(4-24-5-11(13,14)15)19-10(23)20-2-7(9(21)22)8(3-20)12(16,17)18/h6-8H,2-5H2,1H3,(H,19,23)(H,21,22)/t6?,7-,8-/m1/s1. The summed E-state index contributed by atoms with van der Waals surface area (Å²) in [6, 6.07) is -1.89. The summed E-state index contributed by atoms with van der Waals surface area (Å²) in [6.07, 6.45) is -9.31. The lowest BCUT2D eigenvalue weighted by molar-refractivity contribution is -0.187. The normalized spacial score (nSPS) is 23.2. The first-order valence-corrected chi connectivity index (χ1v) is 6.80. The maximum atomic E-state index is 12.8. The summed E-state index contributed by atoms with van der Waals surface area (Å²) >= 11 is 0. The van der Waals surface area contributed by atoms with Gasteiger partial charge in [0.1, 0.15) is 6.61 Å². The van der Waals surface area contributed by atoms with Gasteiger partial charge in [-0.25, -0.2) is 4.79 Å². The highest BCUT2D eigenvalue weighted by molar-refractivity contribution is 5.78. The first-order valence-electron chi connectivity index (χ1n) is 6.80. The zero-order valence-electron chi connectivity index (χ0n) is 12.4. The highest BCUT2D eigenvalue weighted by Gasteiger charge is 2.53. The highest BCUT2D eigenvalue weighted by Crippen LogP contribution is 2.37. The Kier molecular flexibility index (Phi) is 6.31. The van der Waals surface area contributed by atoms with Crippen molar-refractivity contribution in [3.63, 3.8) is 0 Å². The van der Waals surface area contributed by atoms with Gasteiger partial charge in [-0.05, 0) is 6.92 Å². The Balaban J connectivity index is 2.55. The zero-order chi connectivity index (χ0) is 18.7. The predicted molar refractivity (Wildman–Crippen MR) is 67.1 cm³/mol. The molecule has 3 atom stereocenters. The smallest absolute Gasteiger partial charge is 0.411 e. The lowest BCUT2D eigenvalue weighted by Crippen LogP contribution is -2.45. The van der Waals surface area contributed by atoms with Crippen LogP contribution in [0.3, 0.4) is 0 Å². The summed E-state index contributed by atoms with van der Waals surface area (Å²) in [4.78, 5) is 23.4. The molecule has 6 nitrogen and oxygen atoms in total. The summed E-state index contributed by atoms with van der Waals surface area (Å²) in [5.74, 6) is -5.65. The number of aliphatic carboxylic acids is 1. The Bertz CT molecular complexity index is 467. The van der Waals surface area contributed by atoms with Gasteiger partial charge in [0, 0.05) is 13.1 Å². The first kappa shape index (κ1) is 20.3. The van der Waals surface area contributed by atoms with Gasteiger partial charge in [-0.3, -0.25) is 4.79 Å². The molecule has 1 fully saturated rings. The number of hydrogen-bond acceptors (Lipinski definition) is 3. The van der Waals surface area contributed by atoms with Crippen LogP contribution in [0.2, 0.25) is 0 Å². The average Bonchev–Trinajstić information content (AvgIpc) is 2.81. The summed E-state index contributed by atoms with van der Waals surface area (Å²) < 4.78 is 78.4. The third-order valence-corrected chi connectivity index (χ3v) is 3.35. The number of rotatable bonds is 5. The number of alkyl halides is 6. The van der Waals surface area contributed by atoms with Crippen LogP contribution in [0.15, 0.2) is 0 Å². The van der Waals surface area contributed by atoms with E-state index in [1.54, 1.807) is 0 Å². The molecule has 1 heterocycles. The second kappa shape index (κ2) is 7.45. The Labute approximate surface area is 132 Å². The van der Waals surface area contributed by atoms with Crippen molar-refractivity contribution in [1.82, 2.24) is 10.2 Å². The summed E-state index contributed by atoms with van der Waals surface area (Å²) in [5.41, 5.74) is 0. The van der Waals surface area contributed by atoms with Crippen molar-refractivity contribution in [1.29, 1.82) is 0 Å². The van der Waals surface area contributed by atoms with Gasteiger partial charge in [-0.1, -0.05) is 0 Å². The minimum Gasteiger partial charge on any atom is -0.481 e. The van der Waals surface area contributed by atoms with Crippen molar-refractivity contribution in [3.8, 4) is 0 Å². The molecule has 0 aromatic rings. The van der Waals surface area contributed by atoms with E-state index in [-0.39, 0.29) is 0 Å². The number of likely N-dealkylation sites (tertiary alicyclic amines) is 1. The minimum absolute atomic E-state index is 0.496. The molecule has 0 saturated carbocycles. The maximum absolute atomic E-state index is 12.8. The molecule has 0 spiro atoms. The van der Waals surface area contributed by atoms with Crippen molar-refractivity contribution in [2.24, 2.45) is 11.8 Å². The Morgan fingerprint density at radius 2 is 1.83 bits per heavy atom. The molecule has 24 heavy (non-hydrogen) atoms. The Morgan fingerprint density at radius 1 is 1.25 bits per heavy atom. The lowest BCUT2D eigenvalue weighted by Gasteiger charge is -2.21. The van der Waals surface area contributed by atoms with Crippen molar-refractivity contribution < 1.29 is 45.8 Å². The molecule has 1 saturated heterocycles. The molecule has 1 aliphatic rings. The van der Waals surface area contributed by atoms with Crippen LogP contribution in [0.4, 0.5) is 31.1 Å². The Morgan fingerprint density at radius 3 is 2.25 bits per heavy atom.